The number of hydrogen-bond donors (Lipinski definition) is 0. The predicted molar refractivity (Wildman–Crippen MR) is 73.9 cm³/mol. The lowest BCUT2D eigenvalue weighted by atomic mass is 9.98. The Morgan fingerprint density at radius 1 is 1.47 bits per heavy atom. The summed E-state index contributed by atoms with van der Waals surface area (Å²) in [6, 6.07) is 4.77. The van der Waals surface area contributed by atoms with E-state index < -0.39 is 4.92 Å². The molecular weight excluding hydrogens is 354 g/mol. The van der Waals surface area contributed by atoms with E-state index in [2.05, 4.69) is 31.9 Å². The molecule has 6 heteroatoms. The molecule has 0 aliphatic rings. The van der Waals surface area contributed by atoms with E-state index in [1.54, 1.807) is 12.1 Å². The van der Waals surface area contributed by atoms with Crippen LogP contribution in [0.3, 0.4) is 0 Å². The van der Waals surface area contributed by atoms with Crippen molar-refractivity contribution in [3.8, 4) is 5.75 Å². The van der Waals surface area contributed by atoms with Crippen LogP contribution in [-0.2, 0) is 0 Å². The highest BCUT2D eigenvalue weighted by molar-refractivity contribution is 9.10. The van der Waals surface area contributed by atoms with Crippen LogP contribution in [0.4, 0.5) is 5.69 Å². The first-order valence-electron chi connectivity index (χ1n) is 4.99. The lowest BCUT2D eigenvalue weighted by Crippen LogP contribution is -2.23. The molecule has 0 saturated carbocycles. The molecule has 0 aliphatic heterocycles. The summed E-state index contributed by atoms with van der Waals surface area (Å²) in [7, 11) is 0. The molecule has 0 heterocycles. The molecule has 0 amide bonds. The zero-order valence-electron chi connectivity index (χ0n) is 9.57. The monoisotopic (exact) mass is 365 g/mol. The fourth-order valence-electron chi connectivity index (χ4n) is 1.09. The summed E-state index contributed by atoms with van der Waals surface area (Å²) in [4.78, 5) is 10.4. The number of halogens is 2. The third-order valence-electron chi connectivity index (χ3n) is 2.11. The number of rotatable bonds is 5. The van der Waals surface area contributed by atoms with E-state index in [4.69, 9.17) is 4.74 Å². The molecule has 94 valence electrons. The number of nitro benzene ring substituents is 1. The summed E-state index contributed by atoms with van der Waals surface area (Å²) in [5.41, 5.74) is -0.104. The Balaban J connectivity index is 2.94. The van der Waals surface area contributed by atoms with E-state index in [1.807, 2.05) is 13.8 Å². The Hall–Kier alpha value is -0.620. The normalized spacial score (nSPS) is 11.3. The van der Waals surface area contributed by atoms with E-state index in [0.29, 0.717) is 11.1 Å². The minimum absolute atomic E-state index is 0.0234. The highest BCUT2D eigenvalue weighted by Crippen LogP contribution is 2.35. The van der Waals surface area contributed by atoms with Crippen molar-refractivity contribution in [3.05, 3.63) is 32.8 Å². The van der Waals surface area contributed by atoms with Crippen molar-refractivity contribution < 1.29 is 9.66 Å². The molecule has 1 aromatic carbocycles. The predicted octanol–water partition coefficient (Wildman–Crippen LogP) is 4.16. The Morgan fingerprint density at radius 3 is 2.65 bits per heavy atom. The second-order valence-corrected chi connectivity index (χ2v) is 5.85. The zero-order valence-corrected chi connectivity index (χ0v) is 12.7. The van der Waals surface area contributed by atoms with Gasteiger partial charge in [-0.1, -0.05) is 35.8 Å². The van der Waals surface area contributed by atoms with Gasteiger partial charge < -0.3 is 4.74 Å². The van der Waals surface area contributed by atoms with Crippen molar-refractivity contribution in [1.82, 2.24) is 0 Å². The molecule has 0 unspecified atom stereocenters. The number of ether oxygens (including phenoxy) is 1. The van der Waals surface area contributed by atoms with Crippen LogP contribution in [-0.4, -0.2) is 16.9 Å². The molecule has 0 saturated heterocycles. The minimum atomic E-state index is -0.443. The molecule has 0 aliphatic carbocycles. The lowest BCUT2D eigenvalue weighted by Gasteiger charge is -2.22. The molecule has 0 N–H and O–H groups in total. The van der Waals surface area contributed by atoms with E-state index in [1.165, 1.54) is 6.07 Å². The van der Waals surface area contributed by atoms with Crippen molar-refractivity contribution in [2.24, 2.45) is 5.41 Å². The quantitative estimate of drug-likeness (QED) is 0.446. The zero-order chi connectivity index (χ0) is 13.1. The van der Waals surface area contributed by atoms with Gasteiger partial charge in [0.05, 0.1) is 16.0 Å². The molecule has 4 nitrogen and oxygen atoms in total. The highest BCUT2D eigenvalue weighted by atomic mass is 79.9. The van der Waals surface area contributed by atoms with Crippen LogP contribution in [0, 0.1) is 15.5 Å². The second kappa shape index (κ2) is 5.82. The van der Waals surface area contributed by atoms with Crippen molar-refractivity contribution in [1.29, 1.82) is 0 Å². The van der Waals surface area contributed by atoms with Crippen molar-refractivity contribution in [2.45, 2.75) is 13.8 Å². The second-order valence-electron chi connectivity index (χ2n) is 4.43. The molecule has 1 aromatic rings. The van der Waals surface area contributed by atoms with Gasteiger partial charge in [0.2, 0.25) is 5.75 Å². The van der Waals surface area contributed by atoms with Gasteiger partial charge in [0.15, 0.2) is 0 Å². The maximum atomic E-state index is 10.9. The molecule has 0 bridgehead atoms. The van der Waals surface area contributed by atoms with Gasteiger partial charge in [-0.25, -0.2) is 0 Å². The van der Waals surface area contributed by atoms with Crippen LogP contribution < -0.4 is 4.74 Å². The molecule has 1 rings (SSSR count). The van der Waals surface area contributed by atoms with Crippen molar-refractivity contribution in [3.63, 3.8) is 0 Å². The van der Waals surface area contributed by atoms with Crippen LogP contribution in [0.15, 0.2) is 22.7 Å². The number of alkyl halides is 1. The van der Waals surface area contributed by atoms with Crippen LogP contribution >= 0.6 is 31.9 Å². The molecule has 0 aromatic heterocycles. The third kappa shape index (κ3) is 3.96. The fraction of sp³-hybridized carbons (Fsp3) is 0.455. The summed E-state index contributed by atoms with van der Waals surface area (Å²) in [6.07, 6.45) is 0. The maximum absolute atomic E-state index is 10.9. The highest BCUT2D eigenvalue weighted by Gasteiger charge is 2.22. The number of para-hydroxylation sites is 1. The fourth-order valence-corrected chi connectivity index (χ4v) is 1.72. The number of benzene rings is 1. The summed E-state index contributed by atoms with van der Waals surface area (Å²) < 4.78 is 6.16. The van der Waals surface area contributed by atoms with Crippen molar-refractivity contribution in [2.75, 3.05) is 11.9 Å². The van der Waals surface area contributed by atoms with Gasteiger partial charge in [0.25, 0.3) is 0 Å². The first-order chi connectivity index (χ1) is 7.87. The van der Waals surface area contributed by atoms with Crippen LogP contribution in [0.1, 0.15) is 13.8 Å². The first kappa shape index (κ1) is 14.4. The summed E-state index contributed by atoms with van der Waals surface area (Å²) in [5, 5.41) is 11.6. The maximum Gasteiger partial charge on any atom is 0.312 e. The van der Waals surface area contributed by atoms with E-state index in [0.717, 1.165) is 5.33 Å². The Labute approximate surface area is 117 Å². The average molecular weight is 367 g/mol. The number of hydrogen-bond acceptors (Lipinski definition) is 3. The Morgan fingerprint density at radius 2 is 2.12 bits per heavy atom. The SMILES string of the molecule is CC(C)(CBr)COc1c(Br)cccc1[N+](=O)[O-]. The van der Waals surface area contributed by atoms with E-state index >= 15 is 0 Å². The van der Waals surface area contributed by atoms with Crippen LogP contribution in [0.25, 0.3) is 0 Å². The lowest BCUT2D eigenvalue weighted by molar-refractivity contribution is -0.386. The first-order valence-corrected chi connectivity index (χ1v) is 6.90. The van der Waals surface area contributed by atoms with Gasteiger partial charge >= 0.3 is 5.69 Å². The summed E-state index contributed by atoms with van der Waals surface area (Å²) in [5.74, 6) is 0.284. The molecule has 17 heavy (non-hydrogen) atoms. The average Bonchev–Trinajstić information content (AvgIpc) is 2.27. The molecule has 0 fully saturated rings. The smallest absolute Gasteiger partial charge is 0.312 e. The minimum Gasteiger partial charge on any atom is -0.485 e. The molecule has 0 radical (unpaired) electrons. The standard InChI is InChI=1S/C11H13Br2NO3/c1-11(2,6-12)7-17-10-8(13)4-3-5-9(10)14(15)16/h3-5H,6-7H2,1-2H3. The molecular formula is C11H13Br2NO3. The van der Waals surface area contributed by atoms with Gasteiger partial charge in [0.1, 0.15) is 0 Å². The van der Waals surface area contributed by atoms with Gasteiger partial charge in [-0.15, -0.1) is 0 Å². The van der Waals surface area contributed by atoms with Gasteiger partial charge in [-0.3, -0.25) is 10.1 Å². The van der Waals surface area contributed by atoms with E-state index in [-0.39, 0.29) is 16.9 Å². The van der Waals surface area contributed by atoms with E-state index in [9.17, 15) is 10.1 Å². The topological polar surface area (TPSA) is 52.4 Å². The largest absolute Gasteiger partial charge is 0.485 e. The summed E-state index contributed by atoms with van der Waals surface area (Å²) >= 11 is 6.65. The Kier molecular flexibility index (Phi) is 4.94. The Bertz CT molecular complexity index is 421. The molecule has 0 atom stereocenters. The van der Waals surface area contributed by atoms with Crippen molar-refractivity contribution >= 4 is 37.5 Å². The van der Waals surface area contributed by atoms with Crippen LogP contribution in [0.2, 0.25) is 0 Å². The molecule has 0 spiro atoms. The third-order valence-corrected chi connectivity index (χ3v) is 4.25. The van der Waals surface area contributed by atoms with Crippen LogP contribution in [0.5, 0.6) is 5.75 Å². The summed E-state index contributed by atoms with van der Waals surface area (Å²) in [6.45, 7) is 4.44. The number of nitro groups is 1. The van der Waals surface area contributed by atoms with Gasteiger partial charge in [-0.2, -0.15) is 0 Å². The van der Waals surface area contributed by atoms with Gasteiger partial charge in [-0.05, 0) is 22.0 Å². The van der Waals surface area contributed by atoms with Gasteiger partial charge in [0, 0.05) is 16.8 Å². The number of nitrogens with zero attached hydrogens (tertiary/aromatic N) is 1.